The van der Waals surface area contributed by atoms with Crippen LogP contribution >= 0.6 is 0 Å². The zero-order chi connectivity index (χ0) is 26.4. The van der Waals surface area contributed by atoms with Crippen molar-refractivity contribution in [2.45, 2.75) is 52.0 Å². The third-order valence-corrected chi connectivity index (χ3v) is 6.05. The van der Waals surface area contributed by atoms with Gasteiger partial charge in [-0.05, 0) is 59.2 Å². The molecule has 0 saturated carbocycles. The molecule has 4 rings (SSSR count). The van der Waals surface area contributed by atoms with E-state index >= 15 is 0 Å². The van der Waals surface area contributed by atoms with Crippen molar-refractivity contribution in [1.82, 2.24) is 25.6 Å². The van der Waals surface area contributed by atoms with Gasteiger partial charge in [0.1, 0.15) is 5.75 Å². The van der Waals surface area contributed by atoms with Crippen LogP contribution in [0.5, 0.6) is 5.75 Å². The van der Waals surface area contributed by atoms with E-state index in [-0.39, 0.29) is 5.91 Å². The van der Waals surface area contributed by atoms with Gasteiger partial charge in [-0.3, -0.25) is 4.79 Å². The highest BCUT2D eigenvalue weighted by Gasteiger charge is 2.08. The second kappa shape index (κ2) is 14.4. The summed E-state index contributed by atoms with van der Waals surface area (Å²) in [4.78, 5) is 14.0. The van der Waals surface area contributed by atoms with Crippen LogP contribution in [0.2, 0.25) is 0 Å². The summed E-state index contributed by atoms with van der Waals surface area (Å²) in [5, 5.41) is 16.7. The number of unbranched alkanes of at least 4 members (excludes halogenated alkanes) is 5. The molecule has 1 N–H and O–H groups in total. The second-order valence-electron chi connectivity index (χ2n) is 9.09. The Morgan fingerprint density at radius 2 is 1.66 bits per heavy atom. The van der Waals surface area contributed by atoms with Gasteiger partial charge in [-0.1, -0.05) is 81.5 Å². The van der Waals surface area contributed by atoms with Crippen LogP contribution in [0.1, 0.15) is 66.9 Å². The largest absolute Gasteiger partial charge is 0.494 e. The number of nitrogens with one attached hydrogen (secondary N) is 1. The molecule has 0 atom stereocenters. The minimum atomic E-state index is -0.281. The lowest BCUT2D eigenvalue weighted by atomic mass is 10.1. The van der Waals surface area contributed by atoms with E-state index in [0.717, 1.165) is 35.5 Å². The van der Waals surface area contributed by atoms with Gasteiger partial charge in [0.25, 0.3) is 5.91 Å². The maximum Gasteiger partial charge on any atom is 0.271 e. The minimum Gasteiger partial charge on any atom is -0.494 e. The average molecular weight is 511 g/mol. The molecule has 0 aliphatic carbocycles. The lowest BCUT2D eigenvalue weighted by Gasteiger charge is -2.06. The van der Waals surface area contributed by atoms with Crippen molar-refractivity contribution >= 4 is 12.1 Å². The fourth-order valence-corrected chi connectivity index (χ4v) is 3.89. The molecule has 0 spiro atoms. The number of carbonyl (C=O) groups is 1. The normalized spacial score (nSPS) is 11.1. The first-order valence-electron chi connectivity index (χ1n) is 13.2. The molecule has 1 amide bonds. The fourth-order valence-electron chi connectivity index (χ4n) is 3.89. The Morgan fingerprint density at radius 3 is 2.42 bits per heavy atom. The molecule has 0 saturated heterocycles. The molecule has 0 aliphatic heterocycles. The standard InChI is InChI=1S/C30H34N6O2/c1-2-3-4-5-6-10-21-38-28-19-15-24(16-20-28)22-31-33-30(37)27-17-13-25(14-18-27)23-36-34-29(32-35-36)26-11-8-7-9-12-26/h7-9,11-20,22H,2-6,10,21,23H2,1H3,(H,33,37)/b31-22-. The van der Waals surface area contributed by atoms with Gasteiger partial charge in [0, 0.05) is 11.1 Å². The molecule has 0 radical (unpaired) electrons. The summed E-state index contributed by atoms with van der Waals surface area (Å²) >= 11 is 0. The summed E-state index contributed by atoms with van der Waals surface area (Å²) < 4.78 is 5.81. The maximum atomic E-state index is 12.5. The van der Waals surface area contributed by atoms with Gasteiger partial charge in [0.15, 0.2) is 0 Å². The monoisotopic (exact) mass is 510 g/mol. The number of hydrogen-bond acceptors (Lipinski definition) is 6. The number of tetrazole rings is 1. The van der Waals surface area contributed by atoms with Crippen molar-refractivity contribution < 1.29 is 9.53 Å². The molecule has 196 valence electrons. The highest BCUT2D eigenvalue weighted by atomic mass is 16.5. The van der Waals surface area contributed by atoms with Gasteiger partial charge < -0.3 is 4.74 Å². The Labute approximate surface area is 223 Å². The molecule has 8 nitrogen and oxygen atoms in total. The first-order chi connectivity index (χ1) is 18.7. The molecule has 0 unspecified atom stereocenters. The Hall–Kier alpha value is -4.33. The molecular weight excluding hydrogens is 476 g/mol. The molecule has 1 aromatic heterocycles. The molecule has 0 bridgehead atoms. The van der Waals surface area contributed by atoms with E-state index in [1.807, 2.05) is 66.7 Å². The van der Waals surface area contributed by atoms with Crippen LogP contribution in [0.3, 0.4) is 0 Å². The number of ether oxygens (including phenoxy) is 1. The van der Waals surface area contributed by atoms with Crippen molar-refractivity contribution in [3.63, 3.8) is 0 Å². The van der Waals surface area contributed by atoms with Gasteiger partial charge in [-0.25, -0.2) is 5.43 Å². The summed E-state index contributed by atoms with van der Waals surface area (Å²) in [6.07, 6.45) is 9.07. The van der Waals surface area contributed by atoms with Crippen LogP contribution in [-0.2, 0) is 6.54 Å². The summed E-state index contributed by atoms with van der Waals surface area (Å²) in [6, 6.07) is 24.6. The number of rotatable bonds is 14. The number of carbonyl (C=O) groups excluding carboxylic acids is 1. The SMILES string of the molecule is CCCCCCCCOc1ccc(/C=N\NC(=O)c2ccc(Cn3nnc(-c4ccccc4)n3)cc2)cc1. The number of hydrogen-bond donors (Lipinski definition) is 1. The van der Waals surface area contributed by atoms with E-state index in [1.165, 1.54) is 36.9 Å². The molecular formula is C30H34N6O2. The van der Waals surface area contributed by atoms with E-state index in [4.69, 9.17) is 4.74 Å². The lowest BCUT2D eigenvalue weighted by Crippen LogP contribution is -2.17. The van der Waals surface area contributed by atoms with Gasteiger partial charge in [0.2, 0.25) is 5.82 Å². The van der Waals surface area contributed by atoms with Crippen LogP contribution in [0.25, 0.3) is 11.4 Å². The number of aromatic nitrogens is 4. The smallest absolute Gasteiger partial charge is 0.271 e. The lowest BCUT2D eigenvalue weighted by molar-refractivity contribution is 0.0955. The first kappa shape index (κ1) is 26.7. The van der Waals surface area contributed by atoms with Gasteiger partial charge in [0.05, 0.1) is 19.4 Å². The quantitative estimate of drug-likeness (QED) is 0.130. The van der Waals surface area contributed by atoms with Gasteiger partial charge in [-0.2, -0.15) is 9.90 Å². The van der Waals surface area contributed by atoms with Crippen molar-refractivity contribution in [2.24, 2.45) is 5.10 Å². The molecule has 0 fully saturated rings. The Bertz CT molecular complexity index is 1280. The summed E-state index contributed by atoms with van der Waals surface area (Å²) in [7, 11) is 0. The number of nitrogens with zero attached hydrogens (tertiary/aromatic N) is 5. The predicted molar refractivity (Wildman–Crippen MR) is 149 cm³/mol. The number of hydrazone groups is 1. The zero-order valence-corrected chi connectivity index (χ0v) is 21.8. The second-order valence-corrected chi connectivity index (χ2v) is 9.09. The maximum absolute atomic E-state index is 12.5. The van der Waals surface area contributed by atoms with Crippen LogP contribution in [0, 0.1) is 0 Å². The van der Waals surface area contributed by atoms with E-state index in [2.05, 4.69) is 32.9 Å². The Kier molecular flexibility index (Phi) is 10.1. The average Bonchev–Trinajstić information content (AvgIpc) is 3.43. The van der Waals surface area contributed by atoms with Crippen LogP contribution in [0.15, 0.2) is 84.0 Å². The van der Waals surface area contributed by atoms with Crippen LogP contribution < -0.4 is 10.2 Å². The van der Waals surface area contributed by atoms with Crippen molar-refractivity contribution in [3.8, 4) is 17.1 Å². The number of benzene rings is 3. The molecule has 0 aliphatic rings. The third kappa shape index (κ3) is 8.37. The fraction of sp³-hybridized carbons (Fsp3) is 0.300. The summed E-state index contributed by atoms with van der Waals surface area (Å²) in [6.45, 7) is 3.42. The van der Waals surface area contributed by atoms with Crippen molar-refractivity contribution in [3.05, 3.63) is 95.6 Å². The van der Waals surface area contributed by atoms with Gasteiger partial charge >= 0.3 is 0 Å². The van der Waals surface area contributed by atoms with E-state index in [0.29, 0.717) is 17.9 Å². The topological polar surface area (TPSA) is 94.3 Å². The molecule has 38 heavy (non-hydrogen) atoms. The predicted octanol–water partition coefficient (Wildman–Crippen LogP) is 5.89. The minimum absolute atomic E-state index is 0.281. The zero-order valence-electron chi connectivity index (χ0n) is 21.8. The highest BCUT2D eigenvalue weighted by molar-refractivity contribution is 5.94. The molecule has 4 aromatic rings. The summed E-state index contributed by atoms with van der Waals surface area (Å²) in [5.41, 5.74) is 5.84. The van der Waals surface area contributed by atoms with Crippen molar-refractivity contribution in [2.75, 3.05) is 6.61 Å². The van der Waals surface area contributed by atoms with Gasteiger partial charge in [-0.15, -0.1) is 10.2 Å². The Morgan fingerprint density at radius 1 is 0.921 bits per heavy atom. The third-order valence-electron chi connectivity index (χ3n) is 6.05. The highest BCUT2D eigenvalue weighted by Crippen LogP contribution is 2.14. The van der Waals surface area contributed by atoms with Crippen LogP contribution in [0.4, 0.5) is 0 Å². The van der Waals surface area contributed by atoms with E-state index < -0.39 is 0 Å². The molecule has 8 heteroatoms. The van der Waals surface area contributed by atoms with Crippen molar-refractivity contribution in [1.29, 1.82) is 0 Å². The first-order valence-corrected chi connectivity index (χ1v) is 13.2. The molecule has 1 heterocycles. The molecule has 3 aromatic carbocycles. The summed E-state index contributed by atoms with van der Waals surface area (Å²) in [5.74, 6) is 1.14. The van der Waals surface area contributed by atoms with E-state index in [1.54, 1.807) is 18.3 Å². The Balaban J connectivity index is 1.19. The number of amides is 1. The van der Waals surface area contributed by atoms with Crippen LogP contribution in [-0.4, -0.2) is 38.9 Å². The van der Waals surface area contributed by atoms with E-state index in [9.17, 15) is 4.79 Å².